The first kappa shape index (κ1) is 37.7. The predicted molar refractivity (Wildman–Crippen MR) is 159 cm³/mol. The Kier molecular flexibility index (Phi) is 18.8. The summed E-state index contributed by atoms with van der Waals surface area (Å²) in [6, 6.07) is -1.26. The third-order valence-electron chi connectivity index (χ3n) is 6.57. The van der Waals surface area contributed by atoms with Crippen molar-refractivity contribution in [2.24, 2.45) is 5.92 Å². The van der Waals surface area contributed by atoms with Gasteiger partial charge in [0.25, 0.3) is 0 Å². The van der Waals surface area contributed by atoms with Crippen LogP contribution in [0.4, 0.5) is 0 Å². The maximum atomic E-state index is 13.2. The number of ether oxygens (including phenoxy) is 2. The van der Waals surface area contributed by atoms with E-state index in [4.69, 9.17) is 9.47 Å². The minimum atomic E-state index is -0.743. The smallest absolute Gasteiger partial charge is 0.246 e. The van der Waals surface area contributed by atoms with Gasteiger partial charge in [0.2, 0.25) is 35.4 Å². The summed E-state index contributed by atoms with van der Waals surface area (Å²) in [5.74, 6) is -1.28. The topological polar surface area (TPSA) is 188 Å². The molecule has 0 unspecified atom stereocenters. The van der Waals surface area contributed by atoms with E-state index in [-0.39, 0.29) is 75.0 Å². The Bertz CT molecular complexity index is 898. The van der Waals surface area contributed by atoms with E-state index in [9.17, 15) is 28.8 Å². The number of carbonyl (C=O) groups excluding carboxylic acids is 6. The molecule has 1 heterocycles. The maximum absolute atomic E-state index is 13.2. The molecule has 1 aliphatic heterocycles. The van der Waals surface area contributed by atoms with Gasteiger partial charge in [-0.15, -0.1) is 0 Å². The van der Waals surface area contributed by atoms with Crippen LogP contribution in [0.5, 0.6) is 0 Å². The fraction of sp³-hybridized carbons (Fsp3) is 0.786. The van der Waals surface area contributed by atoms with Crippen LogP contribution in [0.2, 0.25) is 0 Å². The van der Waals surface area contributed by atoms with Gasteiger partial charge in [0, 0.05) is 60.2 Å². The summed E-state index contributed by atoms with van der Waals surface area (Å²) >= 11 is 0. The van der Waals surface area contributed by atoms with Crippen molar-refractivity contribution in [1.82, 2.24) is 36.4 Å². The van der Waals surface area contributed by atoms with Crippen molar-refractivity contribution in [3.8, 4) is 0 Å². The van der Waals surface area contributed by atoms with Crippen LogP contribution in [0.3, 0.4) is 0 Å². The van der Waals surface area contributed by atoms with Crippen molar-refractivity contribution < 1.29 is 38.2 Å². The zero-order chi connectivity index (χ0) is 32.2. The van der Waals surface area contributed by atoms with Crippen LogP contribution in [0, 0.1) is 5.92 Å². The highest BCUT2D eigenvalue weighted by Gasteiger charge is 2.37. The molecule has 5 N–H and O–H groups in total. The number of likely N-dealkylation sites (N-methyl/N-ethyl adjacent to an activating group) is 1. The predicted octanol–water partition coefficient (Wildman–Crippen LogP) is -2.02. The van der Waals surface area contributed by atoms with Gasteiger partial charge in [-0.2, -0.15) is 0 Å². The molecule has 1 rings (SSSR count). The first-order chi connectivity index (χ1) is 20.4. The lowest BCUT2D eigenvalue weighted by Gasteiger charge is -2.29. The average Bonchev–Trinajstić information content (AvgIpc) is 3.42. The third kappa shape index (κ3) is 16.8. The summed E-state index contributed by atoms with van der Waals surface area (Å²) in [5.41, 5.74) is 0. The minimum Gasteiger partial charge on any atom is -0.377 e. The molecular formula is C28H51N7O8. The Hall–Kier alpha value is -3.30. The third-order valence-corrected chi connectivity index (χ3v) is 6.57. The number of amides is 6. The SMILES string of the molecule is CNC(=O)[C@@H]1CCCN1C(=O)[C@H](CC(C)C)NC(=O)COCCOCCNC(=O)CN(CCNC(C)=O)CCNC(C)=O. The second-order valence-electron chi connectivity index (χ2n) is 10.8. The molecule has 43 heavy (non-hydrogen) atoms. The fourth-order valence-electron chi connectivity index (χ4n) is 4.56. The highest BCUT2D eigenvalue weighted by Crippen LogP contribution is 2.20. The van der Waals surface area contributed by atoms with Crippen LogP contribution in [-0.2, 0) is 38.2 Å². The summed E-state index contributed by atoms with van der Waals surface area (Å²) < 4.78 is 10.9. The van der Waals surface area contributed by atoms with E-state index >= 15 is 0 Å². The van der Waals surface area contributed by atoms with Crippen LogP contribution in [0.15, 0.2) is 0 Å². The van der Waals surface area contributed by atoms with Crippen LogP contribution in [0.25, 0.3) is 0 Å². The molecular weight excluding hydrogens is 562 g/mol. The number of hydrogen-bond donors (Lipinski definition) is 5. The van der Waals surface area contributed by atoms with Gasteiger partial charge < -0.3 is 41.0 Å². The number of nitrogens with zero attached hydrogens (tertiary/aromatic N) is 2. The summed E-state index contributed by atoms with van der Waals surface area (Å²) in [4.78, 5) is 75.8. The largest absolute Gasteiger partial charge is 0.377 e. The van der Waals surface area contributed by atoms with Gasteiger partial charge in [0.1, 0.15) is 18.7 Å². The van der Waals surface area contributed by atoms with Crippen LogP contribution >= 0.6 is 0 Å². The molecule has 0 aromatic heterocycles. The Balaban J connectivity index is 2.32. The Morgan fingerprint density at radius 1 is 0.860 bits per heavy atom. The first-order valence-electron chi connectivity index (χ1n) is 14.9. The monoisotopic (exact) mass is 613 g/mol. The van der Waals surface area contributed by atoms with Crippen molar-refractivity contribution in [2.75, 3.05) is 79.3 Å². The van der Waals surface area contributed by atoms with E-state index in [0.29, 0.717) is 45.6 Å². The first-order valence-corrected chi connectivity index (χ1v) is 14.9. The molecule has 2 atom stereocenters. The maximum Gasteiger partial charge on any atom is 0.246 e. The van der Waals surface area contributed by atoms with Gasteiger partial charge in [0.05, 0.1) is 26.4 Å². The summed E-state index contributed by atoms with van der Waals surface area (Å²) in [6.07, 6.45) is 1.77. The normalized spacial score (nSPS) is 15.2. The summed E-state index contributed by atoms with van der Waals surface area (Å²) in [6.45, 7) is 9.64. The van der Waals surface area contributed by atoms with Crippen molar-refractivity contribution in [3.05, 3.63) is 0 Å². The average molecular weight is 614 g/mol. The van der Waals surface area contributed by atoms with E-state index in [2.05, 4.69) is 26.6 Å². The number of nitrogens with one attached hydrogen (secondary N) is 5. The lowest BCUT2D eigenvalue weighted by molar-refractivity contribution is -0.142. The molecule has 0 saturated carbocycles. The molecule has 0 aliphatic carbocycles. The fourth-order valence-corrected chi connectivity index (χ4v) is 4.56. The highest BCUT2D eigenvalue weighted by molar-refractivity contribution is 5.92. The van der Waals surface area contributed by atoms with Crippen LogP contribution in [0.1, 0.15) is 47.0 Å². The molecule has 246 valence electrons. The Morgan fingerprint density at radius 3 is 2.07 bits per heavy atom. The van der Waals surface area contributed by atoms with E-state index < -0.39 is 18.0 Å². The second kappa shape index (κ2) is 21.4. The van der Waals surface area contributed by atoms with Gasteiger partial charge in [-0.3, -0.25) is 33.7 Å². The quantitative estimate of drug-likeness (QED) is 0.0911. The minimum absolute atomic E-state index is 0.0991. The highest BCUT2D eigenvalue weighted by atomic mass is 16.5. The van der Waals surface area contributed by atoms with E-state index in [1.165, 1.54) is 13.8 Å². The summed E-state index contributed by atoms with van der Waals surface area (Å²) in [5, 5.41) is 13.5. The molecule has 6 amide bonds. The van der Waals surface area contributed by atoms with Crippen LogP contribution < -0.4 is 26.6 Å². The Morgan fingerprint density at radius 2 is 1.49 bits per heavy atom. The van der Waals surface area contributed by atoms with Crippen molar-refractivity contribution in [2.45, 2.75) is 59.0 Å². The molecule has 0 spiro atoms. The Labute approximate surface area is 254 Å². The molecule has 1 fully saturated rings. The molecule has 1 aliphatic rings. The van der Waals surface area contributed by atoms with E-state index in [0.717, 1.165) is 6.42 Å². The number of carbonyl (C=O) groups is 6. The molecule has 0 radical (unpaired) electrons. The number of hydrogen-bond acceptors (Lipinski definition) is 9. The molecule has 15 nitrogen and oxygen atoms in total. The molecule has 1 saturated heterocycles. The second-order valence-corrected chi connectivity index (χ2v) is 10.8. The van der Waals surface area contributed by atoms with E-state index in [1.807, 2.05) is 18.7 Å². The van der Waals surface area contributed by atoms with Gasteiger partial charge in [-0.25, -0.2) is 0 Å². The molecule has 15 heteroatoms. The lowest BCUT2D eigenvalue weighted by Crippen LogP contribution is -2.54. The zero-order valence-electron chi connectivity index (χ0n) is 26.3. The van der Waals surface area contributed by atoms with Gasteiger partial charge in [-0.05, 0) is 25.2 Å². The van der Waals surface area contributed by atoms with Crippen LogP contribution in [-0.4, -0.2) is 137 Å². The molecule has 0 aromatic carbocycles. The van der Waals surface area contributed by atoms with Crippen molar-refractivity contribution in [3.63, 3.8) is 0 Å². The van der Waals surface area contributed by atoms with Gasteiger partial charge >= 0.3 is 0 Å². The number of rotatable bonds is 21. The molecule has 0 aromatic rings. The molecule has 0 bridgehead atoms. The lowest BCUT2D eigenvalue weighted by atomic mass is 10.0. The van der Waals surface area contributed by atoms with Gasteiger partial charge in [-0.1, -0.05) is 13.8 Å². The zero-order valence-corrected chi connectivity index (χ0v) is 26.3. The standard InChI is InChI=1S/C28H51N7O8/c1-20(2)17-23(28(41)35-11-6-7-24(35)27(40)29-5)33-26(39)19-43-16-15-42-14-10-32-25(38)18-34(12-8-30-21(3)36)13-9-31-22(4)37/h20,23-24H,6-19H2,1-5H3,(H,29,40)(H,30,36)(H,31,37)(H,32,38)(H,33,39)/t23-,24-/m0/s1. The van der Waals surface area contributed by atoms with Gasteiger partial charge in [0.15, 0.2) is 0 Å². The van der Waals surface area contributed by atoms with Crippen molar-refractivity contribution in [1.29, 1.82) is 0 Å². The number of likely N-dealkylation sites (tertiary alicyclic amines) is 1. The van der Waals surface area contributed by atoms with E-state index in [1.54, 1.807) is 11.9 Å². The van der Waals surface area contributed by atoms with Crippen molar-refractivity contribution >= 4 is 35.4 Å². The summed E-state index contributed by atoms with van der Waals surface area (Å²) in [7, 11) is 1.54.